The first-order chi connectivity index (χ1) is 20.5. The van der Waals surface area contributed by atoms with Gasteiger partial charge in [0, 0.05) is 37.2 Å². The van der Waals surface area contributed by atoms with Crippen LogP contribution in [0.2, 0.25) is 0 Å². The number of epoxide rings is 1. The molecule has 2 unspecified atom stereocenters. The number of carboxylic acid groups (broad SMARTS) is 1. The van der Waals surface area contributed by atoms with Crippen LogP contribution in [0.1, 0.15) is 116 Å². The number of ether oxygens (including phenoxy) is 3. The number of esters is 2. The summed E-state index contributed by atoms with van der Waals surface area (Å²) in [6.07, 6.45) is 11.5. The van der Waals surface area contributed by atoms with Crippen molar-refractivity contribution in [3.8, 4) is 0 Å². The quantitative estimate of drug-likeness (QED) is 0.202. The minimum absolute atomic E-state index is 0.0389. The lowest BCUT2D eigenvalue weighted by molar-refractivity contribution is -0.168. The number of hydrogen-bond acceptors (Lipinski definition) is 8. The summed E-state index contributed by atoms with van der Waals surface area (Å²) in [5.74, 6) is 0.00291. The lowest BCUT2D eigenvalue weighted by Crippen LogP contribution is -2.58. The van der Waals surface area contributed by atoms with Gasteiger partial charge in [-0.15, -0.1) is 0 Å². The number of unbranched alkanes of at least 4 members (excludes halogenated alkanes) is 3. The third-order valence-corrected chi connectivity index (χ3v) is 12.3. The SMILES string of the molecule is CC(=O)O[C@H]1[C@H]2O[C@]23C2CC[C@@H]4C[C@@H](OC(=O)CCCCCCC(=O)O)CC[C@]4(C)C2CC[C@]3(C)[C@H]1c1ccc(=O)oc1. The summed E-state index contributed by atoms with van der Waals surface area (Å²) in [4.78, 5) is 47.3. The first-order valence-electron chi connectivity index (χ1n) is 16.3. The van der Waals surface area contributed by atoms with E-state index >= 15 is 0 Å². The number of carbonyl (C=O) groups excluding carboxylic acids is 2. The second-order valence-corrected chi connectivity index (χ2v) is 14.4. The normalized spacial score (nSPS) is 40.8. The van der Waals surface area contributed by atoms with Crippen LogP contribution >= 0.6 is 0 Å². The topological polar surface area (TPSA) is 133 Å². The van der Waals surface area contributed by atoms with Crippen molar-refractivity contribution in [2.45, 2.75) is 134 Å². The molecule has 9 nitrogen and oxygen atoms in total. The fourth-order valence-corrected chi connectivity index (χ4v) is 10.3. The van der Waals surface area contributed by atoms with Gasteiger partial charge < -0.3 is 23.7 Å². The molecule has 10 atom stereocenters. The van der Waals surface area contributed by atoms with Crippen LogP contribution in [0.3, 0.4) is 0 Å². The minimum atomic E-state index is -0.772. The molecule has 4 aliphatic carbocycles. The first kappa shape index (κ1) is 30.4. The molecule has 1 aromatic heterocycles. The molecule has 1 aromatic rings. The Bertz CT molecular complexity index is 1280. The van der Waals surface area contributed by atoms with E-state index in [-0.39, 0.29) is 52.9 Å². The van der Waals surface area contributed by atoms with Gasteiger partial charge in [0.1, 0.15) is 23.9 Å². The molecule has 9 heteroatoms. The average molecular weight is 599 g/mol. The molecule has 1 saturated heterocycles. The highest BCUT2D eigenvalue weighted by atomic mass is 16.7. The predicted molar refractivity (Wildman–Crippen MR) is 155 cm³/mol. The standard InChI is InChI=1S/C34H46O9/c1-20(35)41-30-29(21-10-13-27(38)40-19-21)33(3)17-15-24-25(34(33)31(30)43-34)12-11-22-18-23(14-16-32(22,24)2)42-28(39)9-7-5-4-6-8-26(36)37/h10,13,19,22-25,29-31H,4-9,11-12,14-18H2,1-3H3,(H,36,37)/t22-,23+,24?,25?,29+,30-,31-,32+,33-,34-/m1/s1. The summed E-state index contributed by atoms with van der Waals surface area (Å²) in [5.41, 5.74) is 0.0266. The van der Waals surface area contributed by atoms with Crippen molar-refractivity contribution in [2.75, 3.05) is 0 Å². The predicted octanol–water partition coefficient (Wildman–Crippen LogP) is 5.78. The number of rotatable bonds is 10. The fraction of sp³-hybridized carbons (Fsp3) is 0.765. The van der Waals surface area contributed by atoms with Crippen molar-refractivity contribution < 1.29 is 38.1 Å². The van der Waals surface area contributed by atoms with E-state index in [0.717, 1.165) is 69.8 Å². The van der Waals surface area contributed by atoms with Crippen LogP contribution in [0.5, 0.6) is 0 Å². The van der Waals surface area contributed by atoms with E-state index in [1.165, 1.54) is 13.0 Å². The maximum atomic E-state index is 12.6. The van der Waals surface area contributed by atoms with Crippen molar-refractivity contribution >= 4 is 17.9 Å². The van der Waals surface area contributed by atoms with Crippen molar-refractivity contribution in [3.63, 3.8) is 0 Å². The van der Waals surface area contributed by atoms with E-state index < -0.39 is 17.7 Å². The van der Waals surface area contributed by atoms with Gasteiger partial charge in [-0.1, -0.05) is 26.7 Å². The number of fused-ring (bicyclic) bond motifs is 3. The van der Waals surface area contributed by atoms with Gasteiger partial charge >= 0.3 is 23.5 Å². The monoisotopic (exact) mass is 598 g/mol. The molecule has 6 rings (SSSR count). The van der Waals surface area contributed by atoms with Crippen LogP contribution in [-0.2, 0) is 28.6 Å². The lowest BCUT2D eigenvalue weighted by Gasteiger charge is -2.61. The zero-order valence-corrected chi connectivity index (χ0v) is 25.7. The van der Waals surface area contributed by atoms with Gasteiger partial charge in [-0.25, -0.2) is 4.79 Å². The Hall–Kier alpha value is -2.68. The molecule has 2 heterocycles. The average Bonchev–Trinajstić information content (AvgIpc) is 3.66. The second kappa shape index (κ2) is 11.4. The Morgan fingerprint density at radius 3 is 2.42 bits per heavy atom. The van der Waals surface area contributed by atoms with E-state index in [1.807, 2.05) is 6.07 Å². The zero-order valence-electron chi connectivity index (χ0n) is 25.7. The molecule has 5 fully saturated rings. The molecule has 5 aliphatic rings. The highest BCUT2D eigenvalue weighted by Gasteiger charge is 2.84. The summed E-state index contributed by atoms with van der Waals surface area (Å²) in [6, 6.07) is 3.27. The summed E-state index contributed by atoms with van der Waals surface area (Å²) in [6.45, 7) is 6.19. The van der Waals surface area contributed by atoms with Gasteiger partial charge in [0.25, 0.3) is 0 Å². The van der Waals surface area contributed by atoms with Crippen molar-refractivity contribution in [2.24, 2.45) is 28.6 Å². The Balaban J connectivity index is 1.12. The van der Waals surface area contributed by atoms with Crippen LogP contribution in [0.15, 0.2) is 27.6 Å². The summed E-state index contributed by atoms with van der Waals surface area (Å²) >= 11 is 0. The molecule has 0 radical (unpaired) electrons. The molecular formula is C34H46O9. The van der Waals surface area contributed by atoms with E-state index in [1.54, 1.807) is 6.26 Å². The Morgan fingerprint density at radius 2 is 1.72 bits per heavy atom. The molecule has 43 heavy (non-hydrogen) atoms. The van der Waals surface area contributed by atoms with Crippen LogP contribution in [0.4, 0.5) is 0 Å². The van der Waals surface area contributed by atoms with Crippen molar-refractivity contribution in [1.82, 2.24) is 0 Å². The zero-order chi connectivity index (χ0) is 30.6. The van der Waals surface area contributed by atoms with Crippen LogP contribution in [-0.4, -0.2) is 46.9 Å². The van der Waals surface area contributed by atoms with Crippen molar-refractivity contribution in [3.05, 3.63) is 34.4 Å². The number of aliphatic carboxylic acids is 1. The molecule has 0 bridgehead atoms. The van der Waals surface area contributed by atoms with Crippen LogP contribution in [0.25, 0.3) is 0 Å². The van der Waals surface area contributed by atoms with Gasteiger partial charge in [-0.2, -0.15) is 0 Å². The molecule has 1 aliphatic heterocycles. The maximum Gasteiger partial charge on any atom is 0.335 e. The van der Waals surface area contributed by atoms with Gasteiger partial charge in [-0.05, 0) is 92.6 Å². The Kier molecular flexibility index (Phi) is 8.01. The number of carboxylic acids is 1. The first-order valence-corrected chi connectivity index (χ1v) is 16.3. The smallest absolute Gasteiger partial charge is 0.335 e. The van der Waals surface area contributed by atoms with E-state index in [9.17, 15) is 19.2 Å². The highest BCUT2D eigenvalue weighted by Crippen LogP contribution is 2.78. The highest BCUT2D eigenvalue weighted by molar-refractivity contribution is 5.69. The van der Waals surface area contributed by atoms with Crippen molar-refractivity contribution in [1.29, 1.82) is 0 Å². The molecule has 236 valence electrons. The molecule has 4 saturated carbocycles. The molecule has 0 amide bonds. The third kappa shape index (κ3) is 5.13. The van der Waals surface area contributed by atoms with Gasteiger partial charge in [0.05, 0.1) is 6.26 Å². The number of hydrogen-bond donors (Lipinski definition) is 1. The van der Waals surface area contributed by atoms with Crippen LogP contribution < -0.4 is 5.63 Å². The lowest BCUT2D eigenvalue weighted by atomic mass is 9.44. The van der Waals surface area contributed by atoms with Gasteiger partial charge in [0.15, 0.2) is 0 Å². The Labute approximate surface area is 253 Å². The molecule has 1 N–H and O–H groups in total. The Morgan fingerprint density at radius 1 is 0.953 bits per heavy atom. The summed E-state index contributed by atoms with van der Waals surface area (Å²) in [7, 11) is 0. The fourth-order valence-electron chi connectivity index (χ4n) is 10.3. The van der Waals surface area contributed by atoms with E-state index in [2.05, 4.69) is 13.8 Å². The minimum Gasteiger partial charge on any atom is -0.481 e. The molecular weight excluding hydrogens is 552 g/mol. The largest absolute Gasteiger partial charge is 0.481 e. The summed E-state index contributed by atoms with van der Waals surface area (Å²) < 4.78 is 23.9. The molecule has 1 spiro atoms. The second-order valence-electron chi connectivity index (χ2n) is 14.4. The number of carbonyl (C=O) groups is 3. The van der Waals surface area contributed by atoms with E-state index in [0.29, 0.717) is 30.6 Å². The van der Waals surface area contributed by atoms with E-state index in [4.69, 9.17) is 23.7 Å². The molecule has 0 aromatic carbocycles. The van der Waals surface area contributed by atoms with Gasteiger partial charge in [0.2, 0.25) is 0 Å². The van der Waals surface area contributed by atoms with Crippen LogP contribution in [0, 0.1) is 28.6 Å². The van der Waals surface area contributed by atoms with Gasteiger partial charge in [-0.3, -0.25) is 14.4 Å². The summed E-state index contributed by atoms with van der Waals surface area (Å²) in [5, 5.41) is 8.76. The maximum absolute atomic E-state index is 12.6. The third-order valence-electron chi connectivity index (χ3n) is 12.3.